The largest absolute Gasteiger partial charge is 0.550 e. The summed E-state index contributed by atoms with van der Waals surface area (Å²) in [6.07, 6.45) is 9.59. The quantitative estimate of drug-likeness (QED) is 0.339. The van der Waals surface area contributed by atoms with E-state index in [9.17, 15) is 19.5 Å². The SMILES string of the molecule is CCCCCC(=O)O.CCCCCC(=O)O.CCCCCC(=O)[O-].[U]. The van der Waals surface area contributed by atoms with Crippen LogP contribution in [0.3, 0.4) is 0 Å². The molecule has 2 N–H and O–H groups in total. The van der Waals surface area contributed by atoms with Crippen molar-refractivity contribution < 1.29 is 60.8 Å². The second-order valence-corrected chi connectivity index (χ2v) is 5.53. The molecule has 0 unspecified atom stereocenters. The second-order valence-electron chi connectivity index (χ2n) is 5.53. The van der Waals surface area contributed by atoms with Crippen LogP contribution in [-0.2, 0) is 14.4 Å². The molecule has 25 heavy (non-hydrogen) atoms. The Morgan fingerprint density at radius 1 is 0.640 bits per heavy atom. The zero-order valence-electron chi connectivity index (χ0n) is 16.0. The number of carboxylic acid groups (broad SMARTS) is 3. The summed E-state index contributed by atoms with van der Waals surface area (Å²) in [7, 11) is 0. The molecule has 0 aromatic heterocycles. The number of carboxylic acids is 3. The number of unbranched alkanes of at least 4 members (excludes halogenated alkanes) is 6. The van der Waals surface area contributed by atoms with E-state index in [-0.39, 0.29) is 37.5 Å². The standard InChI is InChI=1S/3C6H12O2.U/c3*1-2-3-4-5-6(7)8;/h3*2-5H2,1H3,(H,7,8);/p-1. The van der Waals surface area contributed by atoms with Crippen LogP contribution in [0.5, 0.6) is 0 Å². The first-order valence-corrected chi connectivity index (χ1v) is 8.95. The van der Waals surface area contributed by atoms with Crippen LogP contribution in [0.25, 0.3) is 0 Å². The molecule has 0 aromatic rings. The van der Waals surface area contributed by atoms with Gasteiger partial charge in [0.25, 0.3) is 0 Å². The van der Waals surface area contributed by atoms with Crippen molar-refractivity contribution in [2.45, 2.75) is 97.8 Å². The Morgan fingerprint density at radius 3 is 1.12 bits per heavy atom. The topological polar surface area (TPSA) is 115 Å². The van der Waals surface area contributed by atoms with Gasteiger partial charge in [0.15, 0.2) is 0 Å². The Labute approximate surface area is 176 Å². The van der Waals surface area contributed by atoms with Gasteiger partial charge in [0.2, 0.25) is 0 Å². The molecule has 0 fully saturated rings. The molecule has 6 nitrogen and oxygen atoms in total. The zero-order valence-corrected chi connectivity index (χ0v) is 20.2. The van der Waals surface area contributed by atoms with Crippen molar-refractivity contribution in [3.63, 3.8) is 0 Å². The van der Waals surface area contributed by atoms with E-state index in [1.165, 1.54) is 0 Å². The summed E-state index contributed by atoms with van der Waals surface area (Å²) < 4.78 is 0. The van der Waals surface area contributed by atoms with Crippen LogP contribution in [0.1, 0.15) is 97.8 Å². The van der Waals surface area contributed by atoms with E-state index < -0.39 is 17.9 Å². The van der Waals surface area contributed by atoms with Crippen LogP contribution in [0, 0.1) is 31.1 Å². The van der Waals surface area contributed by atoms with Crippen LogP contribution < -0.4 is 5.11 Å². The van der Waals surface area contributed by atoms with Gasteiger partial charge in [0.05, 0.1) is 0 Å². The Kier molecular flexibility index (Phi) is 36.4. The fourth-order valence-corrected chi connectivity index (χ4v) is 1.57. The summed E-state index contributed by atoms with van der Waals surface area (Å²) in [5.74, 6) is -2.30. The molecule has 0 spiro atoms. The fourth-order valence-electron chi connectivity index (χ4n) is 1.57. The molecule has 0 aliphatic carbocycles. The van der Waals surface area contributed by atoms with Crippen molar-refractivity contribution in [1.82, 2.24) is 0 Å². The molecule has 148 valence electrons. The van der Waals surface area contributed by atoms with Gasteiger partial charge in [0.1, 0.15) is 0 Å². The summed E-state index contributed by atoms with van der Waals surface area (Å²) in [5.41, 5.74) is 0. The van der Waals surface area contributed by atoms with Crippen LogP contribution >= 0.6 is 0 Å². The fraction of sp³-hybridized carbons (Fsp3) is 0.833. The Balaban J connectivity index is -0.000000130. The number of hydrogen-bond acceptors (Lipinski definition) is 4. The summed E-state index contributed by atoms with van der Waals surface area (Å²) in [4.78, 5) is 29.5. The minimum Gasteiger partial charge on any atom is -0.550 e. The first kappa shape index (κ1) is 32.2. The Morgan fingerprint density at radius 2 is 0.920 bits per heavy atom. The van der Waals surface area contributed by atoms with Crippen LogP contribution in [0.15, 0.2) is 0 Å². The molecule has 0 saturated heterocycles. The second kappa shape index (κ2) is 28.3. The van der Waals surface area contributed by atoms with E-state index in [2.05, 4.69) is 13.8 Å². The van der Waals surface area contributed by atoms with Gasteiger partial charge in [-0.3, -0.25) is 9.59 Å². The third kappa shape index (κ3) is 51.7. The number of rotatable bonds is 12. The van der Waals surface area contributed by atoms with E-state index in [1.807, 2.05) is 6.92 Å². The predicted octanol–water partition coefficient (Wildman–Crippen LogP) is 3.62. The summed E-state index contributed by atoms with van der Waals surface area (Å²) in [5, 5.41) is 26.0. The molecule has 0 rings (SSSR count). The van der Waals surface area contributed by atoms with Crippen molar-refractivity contribution in [1.29, 1.82) is 0 Å². The monoisotopic (exact) mass is 585 g/mol. The van der Waals surface area contributed by atoms with Crippen molar-refractivity contribution >= 4 is 17.9 Å². The molecular formula is C18H35O6U-. The average Bonchev–Trinajstić information content (AvgIpc) is 2.48. The zero-order chi connectivity index (χ0) is 19.2. The van der Waals surface area contributed by atoms with Gasteiger partial charge in [-0.05, 0) is 25.7 Å². The maximum atomic E-state index is 9.87. The van der Waals surface area contributed by atoms with Gasteiger partial charge in [-0.2, -0.15) is 0 Å². The third-order valence-corrected chi connectivity index (χ3v) is 2.97. The molecule has 0 saturated carbocycles. The molecule has 0 radical (unpaired) electrons. The smallest absolute Gasteiger partial charge is 0.303 e. The molecule has 0 aliphatic rings. The van der Waals surface area contributed by atoms with Gasteiger partial charge in [0, 0.05) is 49.9 Å². The van der Waals surface area contributed by atoms with Crippen molar-refractivity contribution in [2.24, 2.45) is 0 Å². The van der Waals surface area contributed by atoms with E-state index in [0.29, 0.717) is 12.8 Å². The molecule has 0 amide bonds. The van der Waals surface area contributed by atoms with E-state index in [4.69, 9.17) is 10.2 Å². The normalized spacial score (nSPS) is 8.76. The predicted molar refractivity (Wildman–Crippen MR) is 92.7 cm³/mol. The molecule has 0 aromatic carbocycles. The maximum Gasteiger partial charge on any atom is 0.303 e. The Hall–Kier alpha value is -0.538. The molecule has 0 atom stereocenters. The number of aliphatic carboxylic acids is 3. The minimum absolute atomic E-state index is 0. The van der Waals surface area contributed by atoms with Gasteiger partial charge in [-0.15, -0.1) is 0 Å². The van der Waals surface area contributed by atoms with E-state index in [0.717, 1.165) is 57.8 Å². The minimum atomic E-state index is -0.932. The van der Waals surface area contributed by atoms with E-state index >= 15 is 0 Å². The number of carbonyl (C=O) groups excluding carboxylic acids is 1. The molecule has 0 heterocycles. The van der Waals surface area contributed by atoms with Gasteiger partial charge in [-0.1, -0.05) is 59.3 Å². The van der Waals surface area contributed by atoms with Gasteiger partial charge >= 0.3 is 11.9 Å². The molecule has 7 heteroatoms. The number of hydrogen-bond donors (Lipinski definition) is 2. The molecule has 0 aliphatic heterocycles. The third-order valence-electron chi connectivity index (χ3n) is 2.97. The molecule has 0 bridgehead atoms. The van der Waals surface area contributed by atoms with Crippen molar-refractivity contribution in [2.75, 3.05) is 0 Å². The maximum absolute atomic E-state index is 9.87. The first-order chi connectivity index (χ1) is 11.3. The van der Waals surface area contributed by atoms with Gasteiger partial charge < -0.3 is 20.1 Å². The Bertz CT molecular complexity index is 260. The van der Waals surface area contributed by atoms with E-state index in [1.54, 1.807) is 0 Å². The van der Waals surface area contributed by atoms with Crippen LogP contribution in [0.2, 0.25) is 0 Å². The van der Waals surface area contributed by atoms with Gasteiger partial charge in [-0.25, -0.2) is 0 Å². The van der Waals surface area contributed by atoms with Crippen LogP contribution in [0.4, 0.5) is 0 Å². The molecular weight excluding hydrogens is 550 g/mol. The van der Waals surface area contributed by atoms with Crippen molar-refractivity contribution in [3.05, 3.63) is 0 Å². The van der Waals surface area contributed by atoms with Crippen molar-refractivity contribution in [3.8, 4) is 0 Å². The summed E-state index contributed by atoms with van der Waals surface area (Å²) in [6.45, 7) is 6.15. The van der Waals surface area contributed by atoms with Crippen LogP contribution in [-0.4, -0.2) is 28.1 Å². The first-order valence-electron chi connectivity index (χ1n) is 8.95. The average molecular weight is 586 g/mol. The summed E-state index contributed by atoms with van der Waals surface area (Å²) >= 11 is 0. The number of carbonyl (C=O) groups is 3. The summed E-state index contributed by atoms with van der Waals surface area (Å²) in [6, 6.07) is 0.